The molecule has 0 amide bonds. The first-order chi connectivity index (χ1) is 12.1. The second-order valence-electron chi connectivity index (χ2n) is 5.70. The fraction of sp³-hybridized carbons (Fsp3) is 0.625. The topological polar surface area (TPSA) is 80.0 Å². The van der Waals surface area contributed by atoms with Crippen molar-refractivity contribution in [1.29, 1.82) is 0 Å². The number of nitrogens with zero attached hydrogens (tertiary/aromatic N) is 5. The van der Waals surface area contributed by atoms with E-state index in [2.05, 4.69) is 42.4 Å². The Labute approximate surface area is 180 Å². The zero-order chi connectivity index (χ0) is 18.1. The number of hydrogen-bond acceptors (Lipinski definition) is 6. The highest BCUT2D eigenvalue weighted by molar-refractivity contribution is 14.0. The maximum absolute atomic E-state index is 4.65. The summed E-state index contributed by atoms with van der Waals surface area (Å²) < 4.78 is 1.97. The Morgan fingerprint density at radius 3 is 2.65 bits per heavy atom. The van der Waals surface area contributed by atoms with Gasteiger partial charge in [0.05, 0.1) is 10.7 Å². The van der Waals surface area contributed by atoms with Crippen LogP contribution in [0, 0.1) is 13.8 Å². The molecule has 2 heterocycles. The molecule has 0 aliphatic rings. The number of thiazole rings is 1. The van der Waals surface area contributed by atoms with Gasteiger partial charge in [-0.2, -0.15) is 11.8 Å². The second kappa shape index (κ2) is 12.5. The minimum atomic E-state index is 0. The maximum atomic E-state index is 4.65. The van der Waals surface area contributed by atoms with Crippen LogP contribution in [-0.2, 0) is 20.0 Å². The zero-order valence-corrected chi connectivity index (χ0v) is 19.7. The Hall–Kier alpha value is -0.880. The molecule has 0 atom stereocenters. The summed E-state index contributed by atoms with van der Waals surface area (Å²) >= 11 is 3.55. The predicted molar refractivity (Wildman–Crippen MR) is 122 cm³/mol. The average molecular weight is 509 g/mol. The van der Waals surface area contributed by atoms with Crippen LogP contribution in [0.3, 0.4) is 0 Å². The summed E-state index contributed by atoms with van der Waals surface area (Å²) in [6.07, 6.45) is 4.12. The molecule has 0 radical (unpaired) electrons. The minimum Gasteiger partial charge on any atom is -0.356 e. The molecule has 2 N–H and O–H groups in total. The van der Waals surface area contributed by atoms with Gasteiger partial charge in [0.1, 0.15) is 12.4 Å². The lowest BCUT2D eigenvalue weighted by molar-refractivity contribution is 0.740. The molecule has 0 saturated carbocycles. The van der Waals surface area contributed by atoms with Gasteiger partial charge in [-0.25, -0.2) is 9.98 Å². The van der Waals surface area contributed by atoms with Crippen molar-refractivity contribution in [1.82, 2.24) is 30.4 Å². The molecular weight excluding hydrogens is 481 g/mol. The third kappa shape index (κ3) is 7.78. The summed E-state index contributed by atoms with van der Waals surface area (Å²) in [5.41, 5.74) is 1.13. The molecule has 7 nitrogen and oxygen atoms in total. The van der Waals surface area contributed by atoms with E-state index in [4.69, 9.17) is 0 Å². The molecule has 0 saturated heterocycles. The van der Waals surface area contributed by atoms with Crippen LogP contribution < -0.4 is 10.6 Å². The van der Waals surface area contributed by atoms with E-state index >= 15 is 0 Å². The van der Waals surface area contributed by atoms with Crippen LogP contribution in [0.25, 0.3) is 0 Å². The van der Waals surface area contributed by atoms with Gasteiger partial charge in [-0.1, -0.05) is 0 Å². The number of guanidine groups is 1. The SMILES string of the molecule is CSCCCNC(=NCc1nnc(C)n1C)NCCc1csc(C)n1.I. The van der Waals surface area contributed by atoms with Gasteiger partial charge in [-0.05, 0) is 32.3 Å². The molecule has 2 rings (SSSR count). The molecule has 0 unspecified atom stereocenters. The molecule has 0 aromatic carbocycles. The van der Waals surface area contributed by atoms with Crippen LogP contribution in [0.1, 0.15) is 28.8 Å². The Kier molecular flexibility index (Phi) is 11.1. The summed E-state index contributed by atoms with van der Waals surface area (Å²) in [5, 5.41) is 18.2. The standard InChI is InChI=1S/C16H27N7S2.HI/c1-12-21-22-15(23(12)3)10-19-16(17-7-5-9-24-4)18-8-6-14-11-25-13(2)20-14;/h11H,5-10H2,1-4H3,(H2,17,18,19);1H. The van der Waals surface area contributed by atoms with Crippen molar-refractivity contribution in [2.24, 2.45) is 12.0 Å². The normalized spacial score (nSPS) is 11.3. The molecule has 2 aromatic rings. The van der Waals surface area contributed by atoms with E-state index < -0.39 is 0 Å². The van der Waals surface area contributed by atoms with E-state index in [1.807, 2.05) is 37.2 Å². The van der Waals surface area contributed by atoms with Gasteiger partial charge in [0.15, 0.2) is 11.8 Å². The smallest absolute Gasteiger partial charge is 0.191 e. The summed E-state index contributed by atoms with van der Waals surface area (Å²) in [5.74, 6) is 3.71. The maximum Gasteiger partial charge on any atom is 0.191 e. The van der Waals surface area contributed by atoms with Gasteiger partial charge in [0.2, 0.25) is 0 Å². The van der Waals surface area contributed by atoms with Crippen LogP contribution >= 0.6 is 47.1 Å². The van der Waals surface area contributed by atoms with Crippen molar-refractivity contribution in [2.45, 2.75) is 33.2 Å². The molecule has 146 valence electrons. The number of hydrogen-bond donors (Lipinski definition) is 2. The monoisotopic (exact) mass is 509 g/mol. The van der Waals surface area contributed by atoms with E-state index in [1.165, 1.54) is 0 Å². The van der Waals surface area contributed by atoms with Crippen molar-refractivity contribution < 1.29 is 0 Å². The summed E-state index contributed by atoms with van der Waals surface area (Å²) in [6.45, 7) is 6.18. The first-order valence-electron chi connectivity index (χ1n) is 8.37. The summed E-state index contributed by atoms with van der Waals surface area (Å²) in [6, 6.07) is 0. The number of thioether (sulfide) groups is 1. The van der Waals surface area contributed by atoms with Crippen LogP contribution in [0.15, 0.2) is 10.4 Å². The van der Waals surface area contributed by atoms with Crippen molar-refractivity contribution in [2.75, 3.05) is 25.1 Å². The minimum absolute atomic E-state index is 0. The first kappa shape index (κ1) is 23.2. The van der Waals surface area contributed by atoms with Crippen LogP contribution in [0.2, 0.25) is 0 Å². The Morgan fingerprint density at radius 2 is 2.04 bits per heavy atom. The number of halogens is 1. The van der Waals surface area contributed by atoms with Crippen LogP contribution in [-0.4, -0.2) is 50.8 Å². The fourth-order valence-corrected chi connectivity index (χ4v) is 3.25. The van der Waals surface area contributed by atoms with Crippen molar-refractivity contribution in [3.05, 3.63) is 27.7 Å². The number of aryl methyl sites for hydroxylation is 2. The molecular formula is C16H28IN7S2. The molecule has 2 aromatic heterocycles. The van der Waals surface area contributed by atoms with E-state index in [9.17, 15) is 0 Å². The van der Waals surface area contributed by atoms with Gasteiger partial charge in [-0.15, -0.1) is 45.5 Å². The Bertz CT molecular complexity index is 684. The number of aliphatic imine (C=N–C) groups is 1. The van der Waals surface area contributed by atoms with Crippen molar-refractivity contribution >= 4 is 53.0 Å². The van der Waals surface area contributed by atoms with E-state index in [1.54, 1.807) is 11.3 Å². The molecule has 0 fully saturated rings. The van der Waals surface area contributed by atoms with E-state index in [-0.39, 0.29) is 24.0 Å². The van der Waals surface area contributed by atoms with Gasteiger partial charge < -0.3 is 15.2 Å². The number of nitrogens with one attached hydrogen (secondary N) is 2. The number of aromatic nitrogens is 4. The van der Waals surface area contributed by atoms with Crippen molar-refractivity contribution in [3.63, 3.8) is 0 Å². The zero-order valence-electron chi connectivity index (χ0n) is 15.8. The third-order valence-electron chi connectivity index (χ3n) is 3.72. The largest absolute Gasteiger partial charge is 0.356 e. The van der Waals surface area contributed by atoms with E-state index in [0.717, 1.165) is 60.0 Å². The summed E-state index contributed by atoms with van der Waals surface area (Å²) in [4.78, 5) is 9.14. The Balaban J connectivity index is 0.00000338. The second-order valence-corrected chi connectivity index (χ2v) is 7.74. The average Bonchev–Trinajstić information content (AvgIpc) is 3.15. The first-order valence-corrected chi connectivity index (χ1v) is 10.6. The summed E-state index contributed by atoms with van der Waals surface area (Å²) in [7, 11) is 1.96. The highest BCUT2D eigenvalue weighted by Crippen LogP contribution is 2.07. The predicted octanol–water partition coefficient (Wildman–Crippen LogP) is 2.54. The number of rotatable bonds is 9. The lowest BCUT2D eigenvalue weighted by Crippen LogP contribution is -2.39. The van der Waals surface area contributed by atoms with Crippen LogP contribution in [0.5, 0.6) is 0 Å². The van der Waals surface area contributed by atoms with Gasteiger partial charge >= 0.3 is 0 Å². The molecule has 0 aliphatic heterocycles. The van der Waals surface area contributed by atoms with Gasteiger partial charge in [0, 0.05) is 31.9 Å². The molecule has 10 heteroatoms. The molecule has 26 heavy (non-hydrogen) atoms. The molecule has 0 bridgehead atoms. The lowest BCUT2D eigenvalue weighted by atomic mass is 10.3. The highest BCUT2D eigenvalue weighted by Gasteiger charge is 2.05. The highest BCUT2D eigenvalue weighted by atomic mass is 127. The molecule has 0 spiro atoms. The van der Waals surface area contributed by atoms with E-state index in [0.29, 0.717) is 6.54 Å². The van der Waals surface area contributed by atoms with Gasteiger partial charge in [0.25, 0.3) is 0 Å². The molecule has 0 aliphatic carbocycles. The third-order valence-corrected chi connectivity index (χ3v) is 5.24. The van der Waals surface area contributed by atoms with Crippen LogP contribution in [0.4, 0.5) is 0 Å². The lowest BCUT2D eigenvalue weighted by Gasteiger charge is -2.12. The van der Waals surface area contributed by atoms with Crippen molar-refractivity contribution in [3.8, 4) is 0 Å². The fourth-order valence-electron chi connectivity index (χ4n) is 2.17. The van der Waals surface area contributed by atoms with Gasteiger partial charge in [-0.3, -0.25) is 0 Å². The quantitative estimate of drug-likeness (QED) is 0.234. The Morgan fingerprint density at radius 1 is 1.27 bits per heavy atom.